The summed E-state index contributed by atoms with van der Waals surface area (Å²) in [5, 5.41) is 14.6. The van der Waals surface area contributed by atoms with Crippen molar-refractivity contribution in [2.45, 2.75) is 6.42 Å². The predicted molar refractivity (Wildman–Crippen MR) is 181 cm³/mol. The molecule has 1 N–H and O–H groups in total. The van der Waals surface area contributed by atoms with Crippen molar-refractivity contribution in [3.8, 4) is 0 Å². The molecule has 0 aliphatic carbocycles. The van der Waals surface area contributed by atoms with Crippen LogP contribution >= 0.6 is 7.26 Å². The number of carbonyl (C=O) groups excluding carboxylic acids is 2. The summed E-state index contributed by atoms with van der Waals surface area (Å²) >= 11 is 0. The zero-order chi connectivity index (χ0) is 30.8. The Balaban J connectivity index is 1.79. The Morgan fingerprint density at radius 3 is 1.43 bits per heavy atom. The van der Waals surface area contributed by atoms with E-state index in [4.69, 9.17) is 4.74 Å². The van der Waals surface area contributed by atoms with Gasteiger partial charge in [-0.15, -0.1) is 0 Å². The monoisotopic (exact) mass is 597 g/mol. The van der Waals surface area contributed by atoms with Crippen LogP contribution in [0.2, 0.25) is 0 Å². The number of methoxy groups -OCH3 is 1. The molecule has 0 aromatic heterocycles. The lowest BCUT2D eigenvalue weighted by Gasteiger charge is -2.28. The maximum atomic E-state index is 13.9. The number of hydrogen-bond donors (Lipinski definition) is 1. The van der Waals surface area contributed by atoms with E-state index in [1.54, 1.807) is 54.6 Å². The van der Waals surface area contributed by atoms with Gasteiger partial charge in [0.1, 0.15) is 34.4 Å². The van der Waals surface area contributed by atoms with Gasteiger partial charge in [-0.3, -0.25) is 9.59 Å². The first-order valence-corrected chi connectivity index (χ1v) is 16.2. The van der Waals surface area contributed by atoms with Crippen LogP contribution in [0.3, 0.4) is 0 Å². The maximum absolute atomic E-state index is 13.9. The highest BCUT2D eigenvalue weighted by atomic mass is 31.2. The molecule has 1 atom stereocenters. The van der Waals surface area contributed by atoms with Gasteiger partial charge in [0.2, 0.25) is 0 Å². The van der Waals surface area contributed by atoms with Gasteiger partial charge in [0, 0.05) is 17.5 Å². The number of hydrogen-bond acceptors (Lipinski definition) is 4. The smallest absolute Gasteiger partial charge is 0.320 e. The summed E-state index contributed by atoms with van der Waals surface area (Å²) in [7, 11) is -1.24. The van der Waals surface area contributed by atoms with E-state index in [9.17, 15) is 14.7 Å². The third kappa shape index (κ3) is 6.46. The van der Waals surface area contributed by atoms with Crippen molar-refractivity contribution in [2.75, 3.05) is 7.11 Å². The summed E-state index contributed by atoms with van der Waals surface area (Å²) < 4.78 is 5.39. The summed E-state index contributed by atoms with van der Waals surface area (Å²) in [6.07, 6.45) is 3.00. The number of aliphatic hydroxyl groups excluding tert-OH is 1. The van der Waals surface area contributed by atoms with Crippen LogP contribution in [0.1, 0.15) is 22.3 Å². The third-order valence-electron chi connectivity index (χ3n) is 7.66. The number of ketones is 1. The van der Waals surface area contributed by atoms with Gasteiger partial charge in [0.25, 0.3) is 0 Å². The summed E-state index contributed by atoms with van der Waals surface area (Å²) in [6, 6.07) is 48.5. The SMILES string of the molecule is COC(=O)C(/C=C(\O)c1ccccc1)(/C=C/[P+](c1ccccc1)(c1ccccc1)c1ccccc1)CC(=O)c1ccccc1. The van der Waals surface area contributed by atoms with E-state index >= 15 is 0 Å². The van der Waals surface area contributed by atoms with Gasteiger partial charge in [-0.2, -0.15) is 0 Å². The normalized spacial score (nSPS) is 13.2. The number of Topliss-reactive ketones (excluding diaryl/α,β-unsaturated/α-hetero) is 1. The molecule has 0 saturated heterocycles. The molecule has 0 aliphatic rings. The first kappa shape index (κ1) is 30.4. The van der Waals surface area contributed by atoms with Crippen molar-refractivity contribution in [1.82, 2.24) is 0 Å². The zero-order valence-corrected chi connectivity index (χ0v) is 25.4. The molecule has 4 nitrogen and oxygen atoms in total. The molecule has 1 unspecified atom stereocenters. The van der Waals surface area contributed by atoms with Crippen molar-refractivity contribution in [2.24, 2.45) is 5.41 Å². The van der Waals surface area contributed by atoms with Crippen LogP contribution in [0.4, 0.5) is 0 Å². The predicted octanol–water partition coefficient (Wildman–Crippen LogP) is 7.53. The van der Waals surface area contributed by atoms with E-state index in [0.717, 1.165) is 15.9 Å². The summed E-state index contributed by atoms with van der Waals surface area (Å²) in [6.45, 7) is 0. The van der Waals surface area contributed by atoms with Crippen molar-refractivity contribution in [3.05, 3.63) is 181 Å². The quantitative estimate of drug-likeness (QED) is 0.0740. The Kier molecular flexibility index (Phi) is 9.64. The molecule has 0 amide bonds. The molecule has 0 spiro atoms. The van der Waals surface area contributed by atoms with Crippen LogP contribution in [0.5, 0.6) is 0 Å². The van der Waals surface area contributed by atoms with Crippen LogP contribution in [0.25, 0.3) is 5.76 Å². The minimum atomic E-state index is -2.54. The molecule has 0 saturated carbocycles. The fraction of sp³-hybridized carbons (Fsp3) is 0.0769. The number of benzene rings is 5. The third-order valence-corrected chi connectivity index (χ3v) is 11.6. The van der Waals surface area contributed by atoms with Gasteiger partial charge < -0.3 is 9.84 Å². The van der Waals surface area contributed by atoms with Crippen molar-refractivity contribution < 1.29 is 19.4 Å². The molecule has 5 aromatic rings. The second-order valence-electron chi connectivity index (χ2n) is 10.4. The van der Waals surface area contributed by atoms with Crippen molar-refractivity contribution >= 4 is 40.7 Å². The van der Waals surface area contributed by atoms with Crippen molar-refractivity contribution in [3.63, 3.8) is 0 Å². The molecule has 0 heterocycles. The highest BCUT2D eigenvalue weighted by Gasteiger charge is 2.46. The van der Waals surface area contributed by atoms with Gasteiger partial charge in [0.05, 0.1) is 12.9 Å². The second-order valence-corrected chi connectivity index (χ2v) is 13.7. The maximum Gasteiger partial charge on any atom is 0.320 e. The largest absolute Gasteiger partial charge is 0.508 e. The van der Waals surface area contributed by atoms with Crippen LogP contribution in [0, 0.1) is 5.41 Å². The highest BCUT2D eigenvalue weighted by molar-refractivity contribution is 7.98. The number of esters is 1. The van der Waals surface area contributed by atoms with Gasteiger partial charge in [-0.05, 0) is 48.6 Å². The van der Waals surface area contributed by atoms with Crippen LogP contribution in [0.15, 0.2) is 170 Å². The second kappa shape index (κ2) is 13.9. The lowest BCUT2D eigenvalue weighted by atomic mass is 9.80. The Labute approximate surface area is 259 Å². The van der Waals surface area contributed by atoms with Crippen LogP contribution in [-0.2, 0) is 9.53 Å². The molecular weight excluding hydrogens is 563 g/mol. The Hall–Kier alpha value is -5.05. The topological polar surface area (TPSA) is 63.6 Å². The molecule has 0 bridgehead atoms. The Bertz CT molecular complexity index is 1640. The molecule has 218 valence electrons. The molecule has 5 heteroatoms. The number of rotatable bonds is 11. The van der Waals surface area contributed by atoms with E-state index in [2.05, 4.69) is 42.2 Å². The van der Waals surface area contributed by atoms with Crippen molar-refractivity contribution in [1.29, 1.82) is 0 Å². The Morgan fingerprint density at radius 2 is 1.02 bits per heavy atom. The zero-order valence-electron chi connectivity index (χ0n) is 24.5. The molecule has 0 radical (unpaired) electrons. The lowest BCUT2D eigenvalue weighted by Crippen LogP contribution is -2.34. The van der Waals surface area contributed by atoms with Crippen LogP contribution in [-0.4, -0.2) is 24.0 Å². The summed E-state index contributed by atoms with van der Waals surface area (Å²) in [5.41, 5.74) is -0.626. The average molecular weight is 598 g/mol. The van der Waals surface area contributed by atoms with E-state index in [0.29, 0.717) is 11.1 Å². The van der Waals surface area contributed by atoms with Gasteiger partial charge in [-0.25, -0.2) is 0 Å². The van der Waals surface area contributed by atoms with E-state index in [-0.39, 0.29) is 18.0 Å². The van der Waals surface area contributed by atoms with E-state index in [1.165, 1.54) is 13.2 Å². The first-order valence-electron chi connectivity index (χ1n) is 14.4. The fourth-order valence-electron chi connectivity index (χ4n) is 5.41. The summed E-state index contributed by atoms with van der Waals surface area (Å²) in [5.74, 6) is 1.06. The first-order chi connectivity index (χ1) is 21.5. The van der Waals surface area contributed by atoms with Gasteiger partial charge >= 0.3 is 5.97 Å². The molecule has 0 aliphatic heterocycles. The van der Waals surface area contributed by atoms with E-state index < -0.39 is 18.6 Å². The van der Waals surface area contributed by atoms with Gasteiger partial charge in [-0.1, -0.05) is 115 Å². The minimum Gasteiger partial charge on any atom is -0.508 e. The molecule has 5 rings (SSSR count). The van der Waals surface area contributed by atoms with E-state index in [1.807, 2.05) is 66.7 Å². The highest BCUT2D eigenvalue weighted by Crippen LogP contribution is 2.58. The fourth-order valence-corrected chi connectivity index (χ4v) is 9.24. The minimum absolute atomic E-state index is 0.121. The molecule has 0 fully saturated rings. The number of carbonyl (C=O) groups is 2. The van der Waals surface area contributed by atoms with Crippen LogP contribution < -0.4 is 15.9 Å². The average Bonchev–Trinajstić information content (AvgIpc) is 3.10. The molecular formula is C39H34O4P+. The molecule has 44 heavy (non-hydrogen) atoms. The standard InChI is InChI=1S/C39H33O4P/c1-43-38(42)39(29-36(40)31-17-7-2-8-18-31,30-37(41)32-19-9-3-10-20-32)27-28-44(33-21-11-4-12-22-33,34-23-13-5-14-24-34)35-25-15-6-16-26-35/h2-29H,30H2,1H3/p+1/b28-27+,36-29-. The Morgan fingerprint density at radius 1 is 0.636 bits per heavy atom. The molecule has 5 aromatic carbocycles. The lowest BCUT2D eigenvalue weighted by molar-refractivity contribution is -0.147. The number of aliphatic hydroxyl groups is 1. The summed E-state index contributed by atoms with van der Waals surface area (Å²) in [4.78, 5) is 27.7. The number of ether oxygens (including phenoxy) is 1. The van der Waals surface area contributed by atoms with Gasteiger partial charge in [0.15, 0.2) is 5.78 Å².